The van der Waals surface area contributed by atoms with E-state index in [1.165, 1.54) is 41.5 Å². The maximum atomic E-state index is 10.8. The first-order valence-corrected chi connectivity index (χ1v) is 9.73. The van der Waals surface area contributed by atoms with Crippen molar-refractivity contribution in [3.8, 4) is 0 Å². The summed E-state index contributed by atoms with van der Waals surface area (Å²) >= 11 is 6.34. The van der Waals surface area contributed by atoms with Gasteiger partial charge in [-0.3, -0.25) is 9.88 Å². The van der Waals surface area contributed by atoms with Crippen LogP contribution in [0.15, 0.2) is 42.7 Å². The molecule has 2 atom stereocenters. The van der Waals surface area contributed by atoms with E-state index in [2.05, 4.69) is 26.6 Å². The Labute approximate surface area is 158 Å². The summed E-state index contributed by atoms with van der Waals surface area (Å²) in [5.74, 6) is 0. The number of hydrogen-bond acceptors (Lipinski definition) is 3. The molecule has 4 nitrogen and oxygen atoms in total. The second-order valence-corrected chi connectivity index (χ2v) is 7.81. The van der Waals surface area contributed by atoms with Gasteiger partial charge in [-0.25, -0.2) is 0 Å². The van der Waals surface area contributed by atoms with Crippen molar-refractivity contribution in [2.45, 2.75) is 38.0 Å². The van der Waals surface area contributed by atoms with Crippen molar-refractivity contribution in [3.05, 3.63) is 64.6 Å². The summed E-state index contributed by atoms with van der Waals surface area (Å²) in [6.07, 6.45) is 6.43. The van der Waals surface area contributed by atoms with Crippen LogP contribution in [0.3, 0.4) is 0 Å². The summed E-state index contributed by atoms with van der Waals surface area (Å²) in [6.45, 7) is 2.86. The number of aliphatic hydroxyl groups is 1. The van der Waals surface area contributed by atoms with Crippen LogP contribution in [0.2, 0.25) is 5.02 Å². The highest BCUT2D eigenvalue weighted by Crippen LogP contribution is 2.43. The summed E-state index contributed by atoms with van der Waals surface area (Å²) in [5, 5.41) is 12.8. The van der Waals surface area contributed by atoms with Gasteiger partial charge in [-0.2, -0.15) is 0 Å². The first-order valence-electron chi connectivity index (χ1n) is 9.35. The predicted molar refractivity (Wildman–Crippen MR) is 103 cm³/mol. The van der Waals surface area contributed by atoms with Crippen molar-refractivity contribution >= 4 is 22.5 Å². The van der Waals surface area contributed by atoms with Crippen LogP contribution in [0.1, 0.15) is 41.8 Å². The monoisotopic (exact) mass is 367 g/mol. The lowest BCUT2D eigenvalue weighted by Gasteiger charge is -2.31. The number of hydrogen-bond donors (Lipinski definition) is 1. The summed E-state index contributed by atoms with van der Waals surface area (Å²) in [5.41, 5.74) is 4.90. The van der Waals surface area contributed by atoms with E-state index in [0.29, 0.717) is 12.6 Å². The maximum absolute atomic E-state index is 10.8. The Kier molecular flexibility index (Phi) is 4.00. The van der Waals surface area contributed by atoms with Crippen molar-refractivity contribution in [2.24, 2.45) is 0 Å². The van der Waals surface area contributed by atoms with Crippen molar-refractivity contribution in [1.82, 2.24) is 14.5 Å². The fraction of sp³-hybridized carbons (Fsp3) is 0.381. The summed E-state index contributed by atoms with van der Waals surface area (Å²) < 4.78 is 2.32. The minimum absolute atomic E-state index is 0.499. The third-order valence-corrected chi connectivity index (χ3v) is 6.19. The SMILES string of the molecule is OC(Cn1c2c(c3cc(Cl)ccc31)C1CCCN1CC2)c1ccncc1. The van der Waals surface area contributed by atoms with Gasteiger partial charge >= 0.3 is 0 Å². The quantitative estimate of drug-likeness (QED) is 0.757. The molecule has 134 valence electrons. The fourth-order valence-electron chi connectivity index (χ4n) is 4.79. The molecule has 0 radical (unpaired) electrons. The van der Waals surface area contributed by atoms with E-state index >= 15 is 0 Å². The molecule has 0 spiro atoms. The number of fused-ring (bicyclic) bond motifs is 5. The molecule has 5 rings (SSSR count). The minimum atomic E-state index is -0.546. The molecule has 2 aliphatic rings. The zero-order chi connectivity index (χ0) is 17.7. The molecule has 4 heterocycles. The lowest BCUT2D eigenvalue weighted by Crippen LogP contribution is -2.31. The van der Waals surface area contributed by atoms with Gasteiger partial charge in [0.2, 0.25) is 0 Å². The van der Waals surface area contributed by atoms with Crippen molar-refractivity contribution in [3.63, 3.8) is 0 Å². The average Bonchev–Trinajstić information content (AvgIpc) is 3.25. The molecule has 1 saturated heterocycles. The Hall–Kier alpha value is -1.88. The lowest BCUT2D eigenvalue weighted by molar-refractivity contribution is 0.155. The van der Waals surface area contributed by atoms with Crippen LogP contribution in [-0.4, -0.2) is 32.6 Å². The molecule has 0 amide bonds. The number of halogens is 1. The van der Waals surface area contributed by atoms with Gasteiger partial charge in [0, 0.05) is 53.0 Å². The number of benzene rings is 1. The Balaban J connectivity index is 1.64. The van der Waals surface area contributed by atoms with Crippen molar-refractivity contribution < 1.29 is 5.11 Å². The van der Waals surface area contributed by atoms with Crippen LogP contribution < -0.4 is 0 Å². The molecule has 0 saturated carbocycles. The van der Waals surface area contributed by atoms with Gasteiger partial charge in [0.15, 0.2) is 0 Å². The molecule has 2 unspecified atom stereocenters. The van der Waals surface area contributed by atoms with Gasteiger partial charge in [0.25, 0.3) is 0 Å². The van der Waals surface area contributed by atoms with Crippen LogP contribution in [0.25, 0.3) is 10.9 Å². The van der Waals surface area contributed by atoms with E-state index in [-0.39, 0.29) is 0 Å². The Morgan fingerprint density at radius 3 is 2.88 bits per heavy atom. The van der Waals surface area contributed by atoms with Crippen LogP contribution in [0, 0.1) is 0 Å². The van der Waals surface area contributed by atoms with E-state index < -0.39 is 6.10 Å². The molecular weight excluding hydrogens is 346 g/mol. The Morgan fingerprint density at radius 2 is 2.04 bits per heavy atom. The summed E-state index contributed by atoms with van der Waals surface area (Å²) in [4.78, 5) is 6.66. The van der Waals surface area contributed by atoms with E-state index in [9.17, 15) is 5.11 Å². The summed E-state index contributed by atoms with van der Waals surface area (Å²) in [6, 6.07) is 10.4. The highest BCUT2D eigenvalue weighted by molar-refractivity contribution is 6.31. The molecular formula is C21H22ClN3O. The van der Waals surface area contributed by atoms with Gasteiger partial charge in [0.1, 0.15) is 0 Å². The number of pyridine rings is 1. The van der Waals surface area contributed by atoms with Crippen molar-refractivity contribution in [1.29, 1.82) is 0 Å². The number of rotatable bonds is 3. The molecule has 1 N–H and O–H groups in total. The summed E-state index contributed by atoms with van der Waals surface area (Å²) in [7, 11) is 0. The average molecular weight is 368 g/mol. The zero-order valence-corrected chi connectivity index (χ0v) is 15.4. The molecule has 1 aromatic carbocycles. The standard InChI is InChI=1S/C21H22ClN3O/c22-15-3-4-17-16(12-15)21-18-2-1-10-24(18)11-7-19(21)25(17)13-20(26)14-5-8-23-9-6-14/h3-6,8-9,12,18,20,26H,1-2,7,10-11,13H2. The number of aliphatic hydroxyl groups excluding tert-OH is 1. The zero-order valence-electron chi connectivity index (χ0n) is 14.6. The second-order valence-electron chi connectivity index (χ2n) is 7.37. The Bertz CT molecular complexity index is 953. The molecule has 1 fully saturated rings. The molecule has 3 aromatic rings. The molecule has 0 bridgehead atoms. The van der Waals surface area contributed by atoms with E-state index in [1.807, 2.05) is 18.2 Å². The van der Waals surface area contributed by atoms with Gasteiger partial charge in [-0.1, -0.05) is 11.6 Å². The number of nitrogens with zero attached hydrogens (tertiary/aromatic N) is 3. The van der Waals surface area contributed by atoms with Gasteiger partial charge in [0.05, 0.1) is 12.6 Å². The third-order valence-electron chi connectivity index (χ3n) is 5.96. The van der Waals surface area contributed by atoms with Gasteiger partial charge < -0.3 is 9.67 Å². The second kappa shape index (κ2) is 6.38. The van der Waals surface area contributed by atoms with E-state index in [0.717, 1.165) is 23.6 Å². The molecule has 5 heteroatoms. The largest absolute Gasteiger partial charge is 0.387 e. The molecule has 2 aromatic heterocycles. The molecule has 2 aliphatic heterocycles. The van der Waals surface area contributed by atoms with Gasteiger partial charge in [-0.05, 0) is 60.8 Å². The van der Waals surface area contributed by atoms with Gasteiger partial charge in [-0.15, -0.1) is 0 Å². The molecule has 0 aliphatic carbocycles. The molecule has 26 heavy (non-hydrogen) atoms. The van der Waals surface area contributed by atoms with Crippen LogP contribution >= 0.6 is 11.6 Å². The van der Waals surface area contributed by atoms with Crippen LogP contribution in [0.5, 0.6) is 0 Å². The first kappa shape index (κ1) is 16.3. The highest BCUT2D eigenvalue weighted by Gasteiger charge is 2.35. The minimum Gasteiger partial charge on any atom is -0.387 e. The van der Waals surface area contributed by atoms with E-state index in [1.54, 1.807) is 12.4 Å². The predicted octanol–water partition coefficient (Wildman–Crippen LogP) is 4.12. The smallest absolute Gasteiger partial charge is 0.0970 e. The topological polar surface area (TPSA) is 41.3 Å². The Morgan fingerprint density at radius 1 is 1.19 bits per heavy atom. The normalized spacial score (nSPS) is 20.9. The highest BCUT2D eigenvalue weighted by atomic mass is 35.5. The van der Waals surface area contributed by atoms with Crippen molar-refractivity contribution in [2.75, 3.05) is 13.1 Å². The van der Waals surface area contributed by atoms with E-state index in [4.69, 9.17) is 11.6 Å². The van der Waals surface area contributed by atoms with Crippen LogP contribution in [0.4, 0.5) is 0 Å². The van der Waals surface area contributed by atoms with Crippen LogP contribution in [-0.2, 0) is 13.0 Å². The lowest BCUT2D eigenvalue weighted by atomic mass is 9.96. The first-order chi connectivity index (χ1) is 12.7. The fourth-order valence-corrected chi connectivity index (χ4v) is 4.96. The maximum Gasteiger partial charge on any atom is 0.0970 e. The number of aromatic nitrogens is 2. The third kappa shape index (κ3) is 2.56.